The second-order valence-corrected chi connectivity index (χ2v) is 4.39. The van der Waals surface area contributed by atoms with Crippen LogP contribution >= 0.6 is 11.6 Å². The van der Waals surface area contributed by atoms with Crippen molar-refractivity contribution in [3.63, 3.8) is 0 Å². The van der Waals surface area contributed by atoms with Crippen LogP contribution < -0.4 is 4.74 Å². The summed E-state index contributed by atoms with van der Waals surface area (Å²) in [6.07, 6.45) is 1.06. The van der Waals surface area contributed by atoms with Crippen LogP contribution in [0, 0.1) is 0 Å². The Kier molecular flexibility index (Phi) is 6.34. The standard InChI is InChI=1S/C13H20ClNO2/c1-3-6-15(7-8-16)10-11-9-12(14)4-5-13(11)17-2/h4-5,9,16H,3,6-8,10H2,1-2H3. The molecule has 0 aliphatic rings. The van der Waals surface area contributed by atoms with E-state index in [0.29, 0.717) is 11.6 Å². The quantitative estimate of drug-likeness (QED) is 0.815. The average Bonchev–Trinajstić information content (AvgIpc) is 2.30. The summed E-state index contributed by atoms with van der Waals surface area (Å²) in [5, 5.41) is 9.73. The zero-order chi connectivity index (χ0) is 12.7. The first kappa shape index (κ1) is 14.3. The summed E-state index contributed by atoms with van der Waals surface area (Å²) in [6.45, 7) is 4.67. The molecule has 1 rings (SSSR count). The van der Waals surface area contributed by atoms with Gasteiger partial charge in [0, 0.05) is 23.7 Å². The van der Waals surface area contributed by atoms with Crippen molar-refractivity contribution in [2.45, 2.75) is 19.9 Å². The van der Waals surface area contributed by atoms with E-state index in [1.807, 2.05) is 18.2 Å². The predicted octanol–water partition coefficient (Wildman–Crippen LogP) is 2.55. The molecule has 0 atom stereocenters. The molecule has 3 nitrogen and oxygen atoms in total. The van der Waals surface area contributed by atoms with Gasteiger partial charge in [0.15, 0.2) is 0 Å². The van der Waals surface area contributed by atoms with Gasteiger partial charge in [-0.25, -0.2) is 0 Å². The maximum absolute atomic E-state index is 9.02. The van der Waals surface area contributed by atoms with E-state index >= 15 is 0 Å². The lowest BCUT2D eigenvalue weighted by molar-refractivity contribution is 0.189. The molecule has 96 valence electrons. The van der Waals surface area contributed by atoms with E-state index in [4.69, 9.17) is 21.4 Å². The van der Waals surface area contributed by atoms with Gasteiger partial charge in [0.25, 0.3) is 0 Å². The Morgan fingerprint density at radius 2 is 2.12 bits per heavy atom. The molecule has 0 amide bonds. The molecule has 1 aromatic carbocycles. The number of aliphatic hydroxyl groups excluding tert-OH is 1. The molecule has 0 aliphatic heterocycles. The van der Waals surface area contributed by atoms with Gasteiger partial charge in [-0.3, -0.25) is 4.90 Å². The molecular weight excluding hydrogens is 238 g/mol. The van der Waals surface area contributed by atoms with E-state index in [1.54, 1.807) is 7.11 Å². The first-order valence-corrected chi connectivity index (χ1v) is 6.24. The topological polar surface area (TPSA) is 32.7 Å². The zero-order valence-corrected chi connectivity index (χ0v) is 11.2. The van der Waals surface area contributed by atoms with Gasteiger partial charge >= 0.3 is 0 Å². The van der Waals surface area contributed by atoms with Crippen molar-refractivity contribution in [2.75, 3.05) is 26.8 Å². The molecule has 0 saturated carbocycles. The van der Waals surface area contributed by atoms with Gasteiger partial charge in [-0.1, -0.05) is 18.5 Å². The van der Waals surface area contributed by atoms with Gasteiger partial charge in [-0.15, -0.1) is 0 Å². The van der Waals surface area contributed by atoms with Gasteiger partial charge in [0.1, 0.15) is 5.75 Å². The van der Waals surface area contributed by atoms with Gasteiger partial charge in [0.05, 0.1) is 13.7 Å². The fourth-order valence-electron chi connectivity index (χ4n) is 1.84. The van der Waals surface area contributed by atoms with Crippen molar-refractivity contribution in [3.8, 4) is 5.75 Å². The third kappa shape index (κ3) is 4.54. The molecule has 0 fully saturated rings. The Hall–Kier alpha value is -0.770. The number of ether oxygens (including phenoxy) is 1. The summed E-state index contributed by atoms with van der Waals surface area (Å²) in [7, 11) is 1.66. The van der Waals surface area contributed by atoms with Gasteiger partial charge < -0.3 is 9.84 Å². The van der Waals surface area contributed by atoms with Gasteiger partial charge in [-0.2, -0.15) is 0 Å². The molecule has 1 N–H and O–H groups in total. The maximum atomic E-state index is 9.02. The molecule has 0 heterocycles. The minimum Gasteiger partial charge on any atom is -0.496 e. The van der Waals surface area contributed by atoms with Crippen LogP contribution in [0.25, 0.3) is 0 Å². The average molecular weight is 258 g/mol. The molecule has 0 aromatic heterocycles. The third-order valence-electron chi connectivity index (χ3n) is 2.59. The van der Waals surface area contributed by atoms with Crippen molar-refractivity contribution < 1.29 is 9.84 Å². The second-order valence-electron chi connectivity index (χ2n) is 3.96. The zero-order valence-electron chi connectivity index (χ0n) is 10.4. The molecule has 0 aliphatic carbocycles. The van der Waals surface area contributed by atoms with E-state index < -0.39 is 0 Å². The lowest BCUT2D eigenvalue weighted by Gasteiger charge is -2.21. The Morgan fingerprint density at radius 3 is 2.71 bits per heavy atom. The van der Waals surface area contributed by atoms with Crippen LogP contribution in [0.1, 0.15) is 18.9 Å². The van der Waals surface area contributed by atoms with Gasteiger partial charge in [0.2, 0.25) is 0 Å². The number of hydrogen-bond donors (Lipinski definition) is 1. The van der Waals surface area contributed by atoms with Crippen molar-refractivity contribution in [1.82, 2.24) is 4.90 Å². The highest BCUT2D eigenvalue weighted by molar-refractivity contribution is 6.30. The summed E-state index contributed by atoms with van der Waals surface area (Å²) in [4.78, 5) is 2.19. The number of rotatable bonds is 7. The van der Waals surface area contributed by atoms with Crippen LogP contribution in [0.4, 0.5) is 0 Å². The highest BCUT2D eigenvalue weighted by atomic mass is 35.5. The minimum atomic E-state index is 0.170. The normalized spacial score (nSPS) is 10.9. The van der Waals surface area contributed by atoms with E-state index in [1.165, 1.54) is 0 Å². The lowest BCUT2D eigenvalue weighted by atomic mass is 10.2. The molecule has 0 bridgehead atoms. The third-order valence-corrected chi connectivity index (χ3v) is 2.83. The van der Waals surface area contributed by atoms with Gasteiger partial charge in [-0.05, 0) is 31.2 Å². The minimum absolute atomic E-state index is 0.170. The Bertz CT molecular complexity index is 338. The molecule has 0 radical (unpaired) electrons. The lowest BCUT2D eigenvalue weighted by Crippen LogP contribution is -2.27. The SMILES string of the molecule is CCCN(CCO)Cc1cc(Cl)ccc1OC. The van der Waals surface area contributed by atoms with Crippen LogP contribution in [-0.4, -0.2) is 36.8 Å². The van der Waals surface area contributed by atoms with Crippen LogP contribution in [0.2, 0.25) is 5.02 Å². The van der Waals surface area contributed by atoms with Crippen molar-refractivity contribution in [1.29, 1.82) is 0 Å². The number of halogens is 1. The van der Waals surface area contributed by atoms with Crippen LogP contribution in [0.15, 0.2) is 18.2 Å². The molecule has 4 heteroatoms. The van der Waals surface area contributed by atoms with E-state index in [-0.39, 0.29) is 6.61 Å². The number of benzene rings is 1. The summed E-state index contributed by atoms with van der Waals surface area (Å²) in [5.74, 6) is 0.841. The summed E-state index contributed by atoms with van der Waals surface area (Å²) < 4.78 is 5.31. The highest BCUT2D eigenvalue weighted by Crippen LogP contribution is 2.24. The Morgan fingerprint density at radius 1 is 1.35 bits per heavy atom. The van der Waals surface area contributed by atoms with Crippen molar-refractivity contribution in [3.05, 3.63) is 28.8 Å². The molecule has 0 saturated heterocycles. The van der Waals surface area contributed by atoms with Crippen molar-refractivity contribution >= 4 is 11.6 Å². The Balaban J connectivity index is 2.79. The van der Waals surface area contributed by atoms with E-state index in [2.05, 4.69) is 11.8 Å². The van der Waals surface area contributed by atoms with Crippen LogP contribution in [0.5, 0.6) is 5.75 Å². The summed E-state index contributed by atoms with van der Waals surface area (Å²) >= 11 is 5.99. The van der Waals surface area contributed by atoms with Crippen LogP contribution in [-0.2, 0) is 6.54 Å². The van der Waals surface area contributed by atoms with E-state index in [0.717, 1.165) is 30.8 Å². The number of nitrogens with zero attached hydrogens (tertiary/aromatic N) is 1. The summed E-state index contributed by atoms with van der Waals surface area (Å²) in [6, 6.07) is 5.61. The smallest absolute Gasteiger partial charge is 0.123 e. The highest BCUT2D eigenvalue weighted by Gasteiger charge is 2.09. The number of aliphatic hydroxyl groups is 1. The fraction of sp³-hybridized carbons (Fsp3) is 0.538. The predicted molar refractivity (Wildman–Crippen MR) is 70.7 cm³/mol. The molecule has 0 spiro atoms. The maximum Gasteiger partial charge on any atom is 0.123 e. The largest absolute Gasteiger partial charge is 0.496 e. The number of hydrogen-bond acceptors (Lipinski definition) is 3. The molecular formula is C13H20ClNO2. The molecule has 0 unspecified atom stereocenters. The monoisotopic (exact) mass is 257 g/mol. The first-order valence-electron chi connectivity index (χ1n) is 5.86. The number of methoxy groups -OCH3 is 1. The molecule has 1 aromatic rings. The fourth-order valence-corrected chi connectivity index (χ4v) is 2.03. The first-order chi connectivity index (χ1) is 8.21. The van der Waals surface area contributed by atoms with Crippen LogP contribution in [0.3, 0.4) is 0 Å². The second kappa shape index (κ2) is 7.54. The Labute approximate surface area is 108 Å². The van der Waals surface area contributed by atoms with E-state index in [9.17, 15) is 0 Å². The molecule has 17 heavy (non-hydrogen) atoms. The van der Waals surface area contributed by atoms with Crippen molar-refractivity contribution in [2.24, 2.45) is 0 Å². The summed E-state index contributed by atoms with van der Waals surface area (Å²) in [5.41, 5.74) is 1.06.